The normalized spacial score (nSPS) is 11.1. The van der Waals surface area contributed by atoms with E-state index in [0.29, 0.717) is 11.5 Å². The summed E-state index contributed by atoms with van der Waals surface area (Å²) in [7, 11) is 0. The fraction of sp³-hybridized carbons (Fsp3) is 0.0769. The van der Waals surface area contributed by atoms with Gasteiger partial charge in [-0.25, -0.2) is 0 Å². The van der Waals surface area contributed by atoms with Crippen LogP contribution in [-0.4, -0.2) is 2.33 Å². The van der Waals surface area contributed by atoms with Gasteiger partial charge in [-0.2, -0.15) is 0 Å². The Hall–Kier alpha value is -0.520. The van der Waals surface area contributed by atoms with E-state index in [1.165, 1.54) is 0 Å². The van der Waals surface area contributed by atoms with Crippen molar-refractivity contribution in [3.63, 3.8) is 0 Å². The molecule has 0 aromatic heterocycles. The number of ether oxygens (including phenoxy) is 2. The quantitative estimate of drug-likeness (QED) is 0.578. The van der Waals surface area contributed by atoms with Crippen molar-refractivity contribution in [3.05, 3.63) is 54.6 Å². The molecule has 0 saturated heterocycles. The molecule has 0 spiro atoms. The van der Waals surface area contributed by atoms with E-state index in [-0.39, 0.29) is 0 Å². The van der Waals surface area contributed by atoms with E-state index in [0.717, 1.165) is 5.75 Å². The molecule has 2 aromatic carbocycles. The van der Waals surface area contributed by atoms with Crippen molar-refractivity contribution in [2.75, 3.05) is 0 Å². The maximum atomic E-state index is 5.77. The summed E-state index contributed by atoms with van der Waals surface area (Å²) in [6.07, 6.45) is 0. The van der Waals surface area contributed by atoms with E-state index >= 15 is 0 Å². The molecule has 0 saturated carbocycles. The highest BCUT2D eigenvalue weighted by Gasteiger charge is 2.21. The van der Waals surface area contributed by atoms with Crippen LogP contribution in [0.25, 0.3) is 0 Å². The van der Waals surface area contributed by atoms with Crippen LogP contribution in [0.15, 0.2) is 54.6 Å². The molecular weight excluding hydrogens is 428 g/mol. The van der Waals surface area contributed by atoms with Gasteiger partial charge < -0.3 is 9.47 Å². The summed E-state index contributed by atoms with van der Waals surface area (Å²) < 4.78 is 10.6. The van der Waals surface area contributed by atoms with Crippen LogP contribution in [0.5, 0.6) is 17.2 Å². The van der Waals surface area contributed by atoms with Gasteiger partial charge in [0, 0.05) is 0 Å². The standard InChI is InChI=1S/C13H9Br3O2/c14-13(15,16)18-12-9-5-4-8-11(12)17-10-6-2-1-3-7-10/h1-9H. The van der Waals surface area contributed by atoms with Crippen LogP contribution in [0.4, 0.5) is 0 Å². The van der Waals surface area contributed by atoms with Crippen LogP contribution < -0.4 is 9.47 Å². The third-order valence-corrected chi connectivity index (χ3v) is 2.53. The number of halogens is 3. The van der Waals surface area contributed by atoms with Gasteiger partial charge in [0.2, 0.25) is 0 Å². The fourth-order valence-electron chi connectivity index (χ4n) is 1.36. The molecule has 0 unspecified atom stereocenters. The number of benzene rings is 2. The van der Waals surface area contributed by atoms with E-state index in [2.05, 4.69) is 47.8 Å². The predicted octanol–water partition coefficient (Wildman–Crippen LogP) is 5.65. The maximum Gasteiger partial charge on any atom is 0.272 e. The summed E-state index contributed by atoms with van der Waals surface area (Å²) >= 11 is 9.87. The second-order valence-electron chi connectivity index (χ2n) is 3.41. The lowest BCUT2D eigenvalue weighted by Crippen LogP contribution is -2.10. The Morgan fingerprint density at radius 1 is 0.722 bits per heavy atom. The number of alkyl halides is 3. The molecule has 0 aliphatic carbocycles. The molecule has 2 nitrogen and oxygen atoms in total. The molecule has 0 aliphatic heterocycles. The molecule has 94 valence electrons. The second kappa shape index (κ2) is 6.08. The van der Waals surface area contributed by atoms with Crippen molar-refractivity contribution < 1.29 is 9.47 Å². The van der Waals surface area contributed by atoms with Gasteiger partial charge in [0.15, 0.2) is 11.5 Å². The Morgan fingerprint density at radius 3 is 1.89 bits per heavy atom. The second-order valence-corrected chi connectivity index (χ2v) is 9.95. The average Bonchev–Trinajstić information content (AvgIpc) is 2.31. The van der Waals surface area contributed by atoms with Gasteiger partial charge in [0.25, 0.3) is 2.33 Å². The first kappa shape index (κ1) is 13.9. The minimum Gasteiger partial charge on any atom is -0.453 e. The number of rotatable bonds is 3. The third kappa shape index (κ3) is 4.30. The van der Waals surface area contributed by atoms with Gasteiger partial charge in [0.05, 0.1) is 0 Å². The van der Waals surface area contributed by atoms with Gasteiger partial charge in [0.1, 0.15) is 5.75 Å². The highest BCUT2D eigenvalue weighted by Crippen LogP contribution is 2.40. The van der Waals surface area contributed by atoms with Gasteiger partial charge in [-0.3, -0.25) is 0 Å². The van der Waals surface area contributed by atoms with Crippen LogP contribution >= 0.6 is 47.8 Å². The summed E-state index contributed by atoms with van der Waals surface area (Å²) in [6, 6.07) is 17.0. The Bertz CT molecular complexity index is 509. The molecule has 5 heteroatoms. The van der Waals surface area contributed by atoms with Gasteiger partial charge in [-0.15, -0.1) is 0 Å². The Kier molecular flexibility index (Phi) is 4.70. The Balaban J connectivity index is 2.23. The Morgan fingerprint density at radius 2 is 1.28 bits per heavy atom. The van der Waals surface area contributed by atoms with E-state index in [4.69, 9.17) is 9.47 Å². The zero-order chi connectivity index (χ0) is 13.0. The molecule has 0 heterocycles. The molecule has 18 heavy (non-hydrogen) atoms. The van der Waals surface area contributed by atoms with Crippen molar-refractivity contribution in [3.8, 4) is 17.2 Å². The summed E-state index contributed by atoms with van der Waals surface area (Å²) in [5.74, 6) is 2.02. The summed E-state index contributed by atoms with van der Waals surface area (Å²) in [5.41, 5.74) is 0. The number of hydrogen-bond donors (Lipinski definition) is 0. The molecule has 2 rings (SSSR count). The van der Waals surface area contributed by atoms with Crippen molar-refractivity contribution in [2.45, 2.75) is 2.33 Å². The van der Waals surface area contributed by atoms with Crippen LogP contribution in [-0.2, 0) is 0 Å². The monoisotopic (exact) mass is 434 g/mol. The molecule has 0 amide bonds. The first-order valence-corrected chi connectivity index (χ1v) is 7.50. The van der Waals surface area contributed by atoms with E-state index in [9.17, 15) is 0 Å². The highest BCUT2D eigenvalue weighted by molar-refractivity contribution is 9.39. The van der Waals surface area contributed by atoms with E-state index in [1.807, 2.05) is 54.6 Å². The predicted molar refractivity (Wildman–Crippen MR) is 83.1 cm³/mol. The maximum absolute atomic E-state index is 5.77. The molecule has 0 bridgehead atoms. The third-order valence-electron chi connectivity index (χ3n) is 2.05. The molecule has 0 fully saturated rings. The smallest absolute Gasteiger partial charge is 0.272 e. The zero-order valence-electron chi connectivity index (χ0n) is 9.15. The number of hydrogen-bond acceptors (Lipinski definition) is 2. The summed E-state index contributed by atoms with van der Waals surface area (Å²) in [4.78, 5) is 0. The first-order valence-electron chi connectivity index (χ1n) is 5.12. The molecule has 2 aromatic rings. The van der Waals surface area contributed by atoms with Gasteiger partial charge >= 0.3 is 0 Å². The molecule has 0 N–H and O–H groups in total. The SMILES string of the molecule is BrC(Br)(Br)Oc1ccccc1Oc1ccccc1. The average molecular weight is 437 g/mol. The summed E-state index contributed by atoms with van der Waals surface area (Å²) in [5, 5.41) is 0. The van der Waals surface area contributed by atoms with E-state index < -0.39 is 2.33 Å². The van der Waals surface area contributed by atoms with Gasteiger partial charge in [-0.1, -0.05) is 30.3 Å². The minimum atomic E-state index is -0.802. The van der Waals surface area contributed by atoms with Crippen LogP contribution in [0.3, 0.4) is 0 Å². The Labute approximate surface area is 131 Å². The van der Waals surface area contributed by atoms with Crippen molar-refractivity contribution in [2.24, 2.45) is 0 Å². The topological polar surface area (TPSA) is 18.5 Å². The fourth-order valence-corrected chi connectivity index (χ4v) is 1.88. The largest absolute Gasteiger partial charge is 0.453 e. The lowest BCUT2D eigenvalue weighted by molar-refractivity contribution is 0.334. The minimum absolute atomic E-state index is 0.618. The van der Waals surface area contributed by atoms with Crippen molar-refractivity contribution >= 4 is 47.8 Å². The van der Waals surface area contributed by atoms with E-state index in [1.54, 1.807) is 0 Å². The van der Waals surface area contributed by atoms with Crippen molar-refractivity contribution in [1.29, 1.82) is 0 Å². The van der Waals surface area contributed by atoms with Gasteiger partial charge in [-0.05, 0) is 72.1 Å². The highest BCUT2D eigenvalue weighted by atomic mass is 80.0. The van der Waals surface area contributed by atoms with Crippen LogP contribution in [0.2, 0.25) is 0 Å². The van der Waals surface area contributed by atoms with Crippen LogP contribution in [0, 0.1) is 0 Å². The number of para-hydroxylation sites is 3. The van der Waals surface area contributed by atoms with Crippen LogP contribution in [0.1, 0.15) is 0 Å². The molecule has 0 radical (unpaired) electrons. The summed E-state index contributed by atoms with van der Waals surface area (Å²) in [6.45, 7) is 0. The van der Waals surface area contributed by atoms with Crippen molar-refractivity contribution in [1.82, 2.24) is 0 Å². The zero-order valence-corrected chi connectivity index (χ0v) is 13.9. The lowest BCUT2D eigenvalue weighted by atomic mass is 10.3. The first-order chi connectivity index (χ1) is 8.54. The lowest BCUT2D eigenvalue weighted by Gasteiger charge is -2.18. The molecule has 0 aliphatic rings. The molecular formula is C13H9Br3O2. The molecule has 0 atom stereocenters.